The number of hydrazine groups is 1. The number of hydrogen-bond acceptors (Lipinski definition) is 5. The first-order valence-electron chi connectivity index (χ1n) is 8.07. The first-order chi connectivity index (χ1) is 13.7. The van der Waals surface area contributed by atoms with Crippen LogP contribution in [0, 0.1) is 3.57 Å². The number of halogens is 3. The van der Waals surface area contributed by atoms with Gasteiger partial charge in [0.15, 0.2) is 11.2 Å². The lowest BCUT2D eigenvalue weighted by Gasteiger charge is -2.17. The van der Waals surface area contributed by atoms with E-state index < -0.39 is 17.9 Å². The van der Waals surface area contributed by atoms with Crippen molar-refractivity contribution in [2.24, 2.45) is 0 Å². The first kappa shape index (κ1) is 23.5. The fourth-order valence-electron chi connectivity index (χ4n) is 2.05. The number of carbonyl (C=O) groups is 2. The van der Waals surface area contributed by atoms with Crippen LogP contribution in [-0.4, -0.2) is 30.1 Å². The third-order valence-corrected chi connectivity index (χ3v) is 5.08. The maximum absolute atomic E-state index is 12.2. The van der Waals surface area contributed by atoms with Crippen LogP contribution in [0.3, 0.4) is 0 Å². The fourth-order valence-corrected chi connectivity index (χ4v) is 3.38. The van der Waals surface area contributed by atoms with E-state index >= 15 is 0 Å². The van der Waals surface area contributed by atoms with Gasteiger partial charge in [-0.25, -0.2) is 0 Å². The molecule has 3 N–H and O–H groups in total. The van der Waals surface area contributed by atoms with Gasteiger partial charge in [0.05, 0.1) is 15.7 Å². The minimum atomic E-state index is -0.886. The second-order valence-electron chi connectivity index (χ2n) is 5.58. The zero-order valence-electron chi connectivity index (χ0n) is 15.2. The summed E-state index contributed by atoms with van der Waals surface area (Å²) >= 11 is 18.9. The van der Waals surface area contributed by atoms with Crippen molar-refractivity contribution in [3.8, 4) is 11.5 Å². The van der Waals surface area contributed by atoms with Crippen LogP contribution in [0.4, 0.5) is 0 Å². The number of ether oxygens (including phenoxy) is 2. The molecular weight excluding hydrogens is 552 g/mol. The van der Waals surface area contributed by atoms with Gasteiger partial charge in [-0.2, -0.15) is 0 Å². The first-order valence-corrected chi connectivity index (χ1v) is 10.3. The van der Waals surface area contributed by atoms with Crippen LogP contribution in [0.2, 0.25) is 10.0 Å². The second-order valence-corrected chi connectivity index (χ2v) is 8.00. The molecular formula is C18H16Cl2IN3O4S. The minimum absolute atomic E-state index is 0.0779. The number of benzene rings is 2. The van der Waals surface area contributed by atoms with E-state index in [1.54, 1.807) is 37.4 Å². The highest BCUT2D eigenvalue weighted by atomic mass is 127. The lowest BCUT2D eigenvalue weighted by molar-refractivity contribution is -0.127. The van der Waals surface area contributed by atoms with Gasteiger partial charge in [-0.3, -0.25) is 25.8 Å². The van der Waals surface area contributed by atoms with Gasteiger partial charge >= 0.3 is 0 Å². The van der Waals surface area contributed by atoms with Gasteiger partial charge in [-0.1, -0.05) is 23.2 Å². The average Bonchev–Trinajstić information content (AvgIpc) is 2.68. The minimum Gasteiger partial charge on any atom is -0.496 e. The number of hydrogen-bond donors (Lipinski definition) is 3. The Morgan fingerprint density at radius 1 is 1.10 bits per heavy atom. The quantitative estimate of drug-likeness (QED) is 0.290. The number of amides is 2. The molecule has 0 radical (unpaired) electrons. The van der Waals surface area contributed by atoms with Crippen molar-refractivity contribution >= 4 is 74.9 Å². The molecule has 29 heavy (non-hydrogen) atoms. The third kappa shape index (κ3) is 6.88. The summed E-state index contributed by atoms with van der Waals surface area (Å²) in [6, 6.07) is 9.59. The standard InChI is InChI=1S/C18H16Cl2IN3O4S/c1-9(28-14-6-4-11(19)8-12(14)20)16(25)23-24-18(29)22-17(26)10-3-5-15(27-2)13(21)7-10/h3-9H,1-2H3,(H,23,25)(H2,22,24,26,29). The molecule has 0 saturated carbocycles. The largest absolute Gasteiger partial charge is 0.496 e. The Kier molecular flexibility index (Phi) is 8.75. The predicted octanol–water partition coefficient (Wildman–Crippen LogP) is 3.71. The molecule has 0 heterocycles. The third-order valence-electron chi connectivity index (χ3n) is 3.51. The zero-order valence-corrected chi connectivity index (χ0v) is 19.7. The predicted molar refractivity (Wildman–Crippen MR) is 124 cm³/mol. The van der Waals surface area contributed by atoms with Gasteiger partial charge in [-0.05, 0) is 78.1 Å². The number of thiocarbonyl (C=S) groups is 1. The molecule has 0 spiro atoms. The summed E-state index contributed by atoms with van der Waals surface area (Å²) in [6.45, 7) is 1.53. The summed E-state index contributed by atoms with van der Waals surface area (Å²) in [4.78, 5) is 24.4. The van der Waals surface area contributed by atoms with Crippen LogP contribution >= 0.6 is 58.0 Å². The normalized spacial score (nSPS) is 11.2. The summed E-state index contributed by atoms with van der Waals surface area (Å²) in [6.07, 6.45) is -0.886. The number of methoxy groups -OCH3 is 1. The van der Waals surface area contributed by atoms with Gasteiger partial charge in [0.25, 0.3) is 11.8 Å². The molecule has 2 aromatic carbocycles. The fraction of sp³-hybridized carbons (Fsp3) is 0.167. The molecule has 0 bridgehead atoms. The molecule has 0 fully saturated rings. The number of nitrogens with one attached hydrogen (secondary N) is 3. The topological polar surface area (TPSA) is 88.7 Å². The van der Waals surface area contributed by atoms with Crippen molar-refractivity contribution < 1.29 is 19.1 Å². The van der Waals surface area contributed by atoms with E-state index in [9.17, 15) is 9.59 Å². The molecule has 2 aromatic rings. The van der Waals surface area contributed by atoms with Crippen molar-refractivity contribution in [3.63, 3.8) is 0 Å². The smallest absolute Gasteiger partial charge is 0.279 e. The lowest BCUT2D eigenvalue weighted by Crippen LogP contribution is -2.51. The molecule has 0 aromatic heterocycles. The highest BCUT2D eigenvalue weighted by Crippen LogP contribution is 2.28. The molecule has 0 saturated heterocycles. The van der Waals surface area contributed by atoms with Crippen molar-refractivity contribution in [2.45, 2.75) is 13.0 Å². The van der Waals surface area contributed by atoms with Crippen LogP contribution in [0.25, 0.3) is 0 Å². The molecule has 1 atom stereocenters. The highest BCUT2D eigenvalue weighted by molar-refractivity contribution is 14.1. The van der Waals surface area contributed by atoms with Gasteiger partial charge in [0, 0.05) is 10.6 Å². The Bertz CT molecular complexity index is 945. The van der Waals surface area contributed by atoms with E-state index in [1.165, 1.54) is 13.0 Å². The van der Waals surface area contributed by atoms with E-state index in [0.717, 1.165) is 3.57 Å². The van der Waals surface area contributed by atoms with E-state index in [-0.39, 0.29) is 10.1 Å². The number of carbonyl (C=O) groups excluding carboxylic acids is 2. The molecule has 1 unspecified atom stereocenters. The monoisotopic (exact) mass is 567 g/mol. The van der Waals surface area contributed by atoms with Crippen LogP contribution in [0.5, 0.6) is 11.5 Å². The molecule has 0 aliphatic rings. The lowest BCUT2D eigenvalue weighted by atomic mass is 10.2. The van der Waals surface area contributed by atoms with Gasteiger partial charge in [-0.15, -0.1) is 0 Å². The molecule has 7 nitrogen and oxygen atoms in total. The maximum atomic E-state index is 12.2. The maximum Gasteiger partial charge on any atom is 0.279 e. The molecule has 0 aliphatic heterocycles. The van der Waals surface area contributed by atoms with Gasteiger partial charge < -0.3 is 9.47 Å². The molecule has 11 heteroatoms. The molecule has 154 valence electrons. The highest BCUT2D eigenvalue weighted by Gasteiger charge is 2.17. The molecule has 2 amide bonds. The molecule has 2 rings (SSSR count). The van der Waals surface area contributed by atoms with Gasteiger partial charge in [0.1, 0.15) is 11.5 Å². The Morgan fingerprint density at radius 3 is 2.41 bits per heavy atom. The average molecular weight is 568 g/mol. The van der Waals surface area contributed by atoms with E-state index in [2.05, 4.69) is 38.8 Å². The summed E-state index contributed by atoms with van der Waals surface area (Å²) in [7, 11) is 1.55. The Balaban J connectivity index is 1.85. The number of rotatable bonds is 5. The summed E-state index contributed by atoms with van der Waals surface area (Å²) in [5.41, 5.74) is 5.20. The summed E-state index contributed by atoms with van der Waals surface area (Å²) in [5, 5.41) is 3.12. The van der Waals surface area contributed by atoms with Crippen molar-refractivity contribution in [3.05, 3.63) is 55.6 Å². The Morgan fingerprint density at radius 2 is 1.79 bits per heavy atom. The summed E-state index contributed by atoms with van der Waals surface area (Å²) in [5.74, 6) is 0.00905. The Labute approximate surface area is 196 Å². The van der Waals surface area contributed by atoms with Crippen molar-refractivity contribution in [1.29, 1.82) is 0 Å². The van der Waals surface area contributed by atoms with Crippen LogP contribution in [0.1, 0.15) is 17.3 Å². The SMILES string of the molecule is COc1ccc(C(=O)NC(=S)NNC(=O)C(C)Oc2ccc(Cl)cc2Cl)cc1I. The Hall–Kier alpha value is -1.82. The van der Waals surface area contributed by atoms with E-state index in [1.807, 2.05) is 0 Å². The summed E-state index contributed by atoms with van der Waals surface area (Å²) < 4.78 is 11.4. The van der Waals surface area contributed by atoms with Crippen LogP contribution in [-0.2, 0) is 4.79 Å². The molecule has 0 aliphatic carbocycles. The van der Waals surface area contributed by atoms with Crippen molar-refractivity contribution in [1.82, 2.24) is 16.2 Å². The van der Waals surface area contributed by atoms with E-state index in [0.29, 0.717) is 22.1 Å². The van der Waals surface area contributed by atoms with E-state index in [4.69, 9.17) is 44.9 Å². The van der Waals surface area contributed by atoms with Crippen LogP contribution in [0.15, 0.2) is 36.4 Å². The zero-order chi connectivity index (χ0) is 21.6. The van der Waals surface area contributed by atoms with Crippen molar-refractivity contribution in [2.75, 3.05) is 7.11 Å². The second kappa shape index (κ2) is 10.8. The van der Waals surface area contributed by atoms with Gasteiger partial charge in [0.2, 0.25) is 0 Å². The van der Waals surface area contributed by atoms with Crippen LogP contribution < -0.4 is 25.6 Å².